The minimum atomic E-state index is 0.668. The summed E-state index contributed by atoms with van der Waals surface area (Å²) in [5.41, 5.74) is 20.9. The van der Waals surface area contributed by atoms with Crippen LogP contribution < -0.4 is 0 Å². The predicted octanol–water partition coefficient (Wildman–Crippen LogP) is 21.3. The SMILES string of the molecule is CCCc1ccc(CCC)c2oc(-c3ccc(-c4c5ccccc5c(-c5ccccc5)c5ccccc45)cc3)nc12.CCc1cc2nc(-c3ccc(-c4c5ccccc5c(-c5ccccc5)c5ccccc45)cc3)oc2cc1CC. The summed E-state index contributed by atoms with van der Waals surface area (Å²) in [4.78, 5) is 9.87. The summed E-state index contributed by atoms with van der Waals surface area (Å²) in [5.74, 6) is 1.36. The molecule has 4 heteroatoms. The monoisotopic (exact) mass is 1030 g/mol. The van der Waals surface area contributed by atoms with Crippen LogP contribution in [0.1, 0.15) is 62.8 Å². The van der Waals surface area contributed by atoms with Crippen LogP contribution in [-0.4, -0.2) is 9.97 Å². The maximum atomic E-state index is 6.46. The van der Waals surface area contributed by atoms with Crippen LogP contribution in [-0.2, 0) is 25.7 Å². The number of aromatic nitrogens is 2. The van der Waals surface area contributed by atoms with Crippen LogP contribution in [0.15, 0.2) is 239 Å². The van der Waals surface area contributed by atoms with Crippen molar-refractivity contribution in [3.05, 3.63) is 253 Å². The largest absolute Gasteiger partial charge is 0.436 e. The average molecular weight is 1040 g/mol. The highest BCUT2D eigenvalue weighted by Gasteiger charge is 2.21. The Hall–Kier alpha value is -9.38. The third kappa shape index (κ3) is 9.11. The molecule has 0 bridgehead atoms. The van der Waals surface area contributed by atoms with E-state index in [2.05, 4.69) is 258 Å². The van der Waals surface area contributed by atoms with Gasteiger partial charge in [-0.05, 0) is 172 Å². The van der Waals surface area contributed by atoms with Crippen molar-refractivity contribution >= 4 is 65.3 Å². The first-order valence-corrected chi connectivity index (χ1v) is 28.5. The molecule has 4 nitrogen and oxygen atoms in total. The number of fused-ring (bicyclic) bond motifs is 6. The Morgan fingerprint density at radius 2 is 0.637 bits per heavy atom. The van der Waals surface area contributed by atoms with Crippen molar-refractivity contribution in [1.29, 1.82) is 0 Å². The second-order valence-corrected chi connectivity index (χ2v) is 21.0. The van der Waals surface area contributed by atoms with Gasteiger partial charge in [0.25, 0.3) is 0 Å². The molecule has 0 aliphatic rings. The van der Waals surface area contributed by atoms with Gasteiger partial charge in [-0.2, -0.15) is 0 Å². The minimum Gasteiger partial charge on any atom is -0.436 e. The van der Waals surface area contributed by atoms with E-state index in [1.54, 1.807) is 0 Å². The van der Waals surface area contributed by atoms with Gasteiger partial charge in [-0.1, -0.05) is 235 Å². The Morgan fingerprint density at radius 1 is 0.300 bits per heavy atom. The van der Waals surface area contributed by atoms with Crippen molar-refractivity contribution < 1.29 is 8.83 Å². The van der Waals surface area contributed by atoms with E-state index < -0.39 is 0 Å². The zero-order valence-corrected chi connectivity index (χ0v) is 45.9. The topological polar surface area (TPSA) is 52.1 Å². The Labute approximate surface area is 468 Å². The lowest BCUT2D eigenvalue weighted by molar-refractivity contribution is 0.614. The molecule has 0 spiro atoms. The van der Waals surface area contributed by atoms with Crippen LogP contribution >= 0.6 is 0 Å². The number of benzene rings is 12. The van der Waals surface area contributed by atoms with Crippen molar-refractivity contribution in [2.75, 3.05) is 0 Å². The normalized spacial score (nSPS) is 11.6. The van der Waals surface area contributed by atoms with Gasteiger partial charge in [0.05, 0.1) is 0 Å². The number of aryl methyl sites for hydroxylation is 4. The van der Waals surface area contributed by atoms with E-state index in [4.69, 9.17) is 18.8 Å². The number of hydrogen-bond acceptors (Lipinski definition) is 4. The fourth-order valence-electron chi connectivity index (χ4n) is 12.3. The molecule has 0 N–H and O–H groups in total. The Balaban J connectivity index is 0.000000151. The fraction of sp³-hybridized carbons (Fsp3) is 0.132. The molecule has 0 fully saturated rings. The van der Waals surface area contributed by atoms with Gasteiger partial charge in [-0.15, -0.1) is 0 Å². The molecule has 0 radical (unpaired) electrons. The lowest BCUT2D eigenvalue weighted by Crippen LogP contribution is -1.91. The molecule has 80 heavy (non-hydrogen) atoms. The Kier molecular flexibility index (Phi) is 13.7. The summed E-state index contributed by atoms with van der Waals surface area (Å²) >= 11 is 0. The Bertz CT molecular complexity index is 4350. The lowest BCUT2D eigenvalue weighted by Gasteiger charge is -2.17. The van der Waals surface area contributed by atoms with Gasteiger partial charge in [-0.3, -0.25) is 0 Å². The number of hydrogen-bond donors (Lipinski definition) is 0. The van der Waals surface area contributed by atoms with Crippen molar-refractivity contribution in [1.82, 2.24) is 9.97 Å². The van der Waals surface area contributed by atoms with Crippen molar-refractivity contribution in [3.63, 3.8) is 0 Å². The van der Waals surface area contributed by atoms with Crippen LogP contribution in [0.5, 0.6) is 0 Å². The standard InChI is InChI=1S/C39H33NO.C37H29NO/c1-3-12-28-22-23-29(13-4-2)38-37(28)40-39(41-38)30-24-20-27(21-25-30)36-33-18-10-8-16-31(33)35(26-14-6-5-7-15-26)32-17-9-11-19-34(32)36;1-3-24-22-33-34(23-25(24)4-2)39-37(38-33)28-20-18-27(19-21-28)36-31-16-10-8-14-29(31)35(26-12-6-5-7-13-26)30-15-9-11-17-32(30)36/h5-11,14-25H,3-4,12-13H2,1-2H3;5-23H,3-4H2,1-2H3. The third-order valence-corrected chi connectivity index (χ3v) is 16.0. The van der Waals surface area contributed by atoms with E-state index in [0.717, 1.165) is 71.9 Å². The van der Waals surface area contributed by atoms with E-state index in [9.17, 15) is 0 Å². The predicted molar refractivity (Wildman–Crippen MR) is 337 cm³/mol. The van der Waals surface area contributed by atoms with Crippen LogP contribution in [0, 0.1) is 0 Å². The van der Waals surface area contributed by atoms with Crippen LogP contribution in [0.25, 0.3) is 133 Å². The molecular weight excluding hydrogens is 973 g/mol. The maximum absolute atomic E-state index is 6.46. The first-order valence-electron chi connectivity index (χ1n) is 28.5. The van der Waals surface area contributed by atoms with E-state index in [1.165, 1.54) is 110 Å². The summed E-state index contributed by atoms with van der Waals surface area (Å²) in [5, 5.41) is 10.1. The van der Waals surface area contributed by atoms with E-state index in [0.29, 0.717) is 11.8 Å². The van der Waals surface area contributed by atoms with Gasteiger partial charge in [0.2, 0.25) is 11.8 Å². The highest BCUT2D eigenvalue weighted by atomic mass is 16.4. The molecule has 0 atom stereocenters. The molecule has 0 aliphatic heterocycles. The molecule has 12 aromatic carbocycles. The van der Waals surface area contributed by atoms with Crippen LogP contribution in [0.3, 0.4) is 0 Å². The summed E-state index contributed by atoms with van der Waals surface area (Å²) in [6.07, 6.45) is 6.17. The molecule has 14 rings (SSSR count). The molecule has 0 aliphatic carbocycles. The van der Waals surface area contributed by atoms with E-state index >= 15 is 0 Å². The quantitative estimate of drug-likeness (QED) is 0.114. The number of rotatable bonds is 12. The molecule has 2 heterocycles. The van der Waals surface area contributed by atoms with Gasteiger partial charge in [0.15, 0.2) is 11.2 Å². The van der Waals surface area contributed by atoms with Crippen LogP contribution in [0.2, 0.25) is 0 Å². The smallest absolute Gasteiger partial charge is 0.227 e. The van der Waals surface area contributed by atoms with Gasteiger partial charge in [0.1, 0.15) is 11.0 Å². The molecular formula is C76H62N2O2. The summed E-state index contributed by atoms with van der Waals surface area (Å²) in [6.45, 7) is 8.81. The fourth-order valence-corrected chi connectivity index (χ4v) is 12.3. The highest BCUT2D eigenvalue weighted by molar-refractivity contribution is 6.22. The summed E-state index contributed by atoms with van der Waals surface area (Å²) < 4.78 is 12.7. The molecule has 2 aromatic heterocycles. The molecule has 14 aromatic rings. The minimum absolute atomic E-state index is 0.668. The van der Waals surface area contributed by atoms with Crippen LogP contribution in [0.4, 0.5) is 0 Å². The van der Waals surface area contributed by atoms with E-state index in [-0.39, 0.29) is 0 Å². The first-order chi connectivity index (χ1) is 39.5. The van der Waals surface area contributed by atoms with Crippen molar-refractivity contribution in [2.24, 2.45) is 0 Å². The number of nitrogens with zero attached hydrogens (tertiary/aromatic N) is 2. The molecule has 0 saturated heterocycles. The molecule has 0 unspecified atom stereocenters. The zero-order valence-electron chi connectivity index (χ0n) is 45.9. The Morgan fingerprint density at radius 3 is 1.04 bits per heavy atom. The zero-order chi connectivity index (χ0) is 54.1. The van der Waals surface area contributed by atoms with Gasteiger partial charge >= 0.3 is 0 Å². The maximum Gasteiger partial charge on any atom is 0.227 e. The van der Waals surface area contributed by atoms with Crippen molar-refractivity contribution in [2.45, 2.75) is 66.2 Å². The average Bonchev–Trinajstić information content (AvgIpc) is 4.27. The molecule has 0 amide bonds. The second-order valence-electron chi connectivity index (χ2n) is 21.0. The number of oxazole rings is 2. The first kappa shape index (κ1) is 50.1. The molecule has 0 saturated carbocycles. The summed E-state index contributed by atoms with van der Waals surface area (Å²) in [7, 11) is 0. The van der Waals surface area contributed by atoms with Gasteiger partial charge < -0.3 is 8.83 Å². The second kappa shape index (κ2) is 21.8. The van der Waals surface area contributed by atoms with Gasteiger partial charge in [0, 0.05) is 11.1 Å². The third-order valence-electron chi connectivity index (χ3n) is 16.0. The lowest BCUT2D eigenvalue weighted by atomic mass is 9.86. The van der Waals surface area contributed by atoms with Crippen molar-refractivity contribution in [3.8, 4) is 67.4 Å². The highest BCUT2D eigenvalue weighted by Crippen LogP contribution is 2.46. The molecule has 388 valence electrons. The summed E-state index contributed by atoms with van der Waals surface area (Å²) in [6, 6.07) is 82.8. The van der Waals surface area contributed by atoms with Gasteiger partial charge in [-0.25, -0.2) is 9.97 Å². The van der Waals surface area contributed by atoms with E-state index in [1.807, 2.05) is 0 Å².